The van der Waals surface area contributed by atoms with Gasteiger partial charge in [0.25, 0.3) is 0 Å². The van der Waals surface area contributed by atoms with E-state index in [1.165, 1.54) is 5.56 Å². The molecule has 0 bridgehead atoms. The second-order valence-electron chi connectivity index (χ2n) is 10.5. The molecule has 2 aliphatic heterocycles. The van der Waals surface area contributed by atoms with Crippen LogP contribution in [0.1, 0.15) is 61.6 Å². The molecular formula is C27H42N6O3S. The highest BCUT2D eigenvalue weighted by molar-refractivity contribution is 7.97. The van der Waals surface area contributed by atoms with Crippen LogP contribution in [0.25, 0.3) is 10.9 Å². The quantitative estimate of drug-likeness (QED) is 0.298. The molecule has 0 radical (unpaired) electrons. The Balaban J connectivity index is 1.30. The van der Waals surface area contributed by atoms with Crippen molar-refractivity contribution in [3.8, 4) is 0 Å². The van der Waals surface area contributed by atoms with Gasteiger partial charge in [-0.15, -0.1) is 0 Å². The van der Waals surface area contributed by atoms with Crippen LogP contribution in [0.3, 0.4) is 0 Å². The maximum atomic E-state index is 11.8. The molecule has 2 unspecified atom stereocenters. The van der Waals surface area contributed by atoms with Gasteiger partial charge in [0, 0.05) is 57.3 Å². The van der Waals surface area contributed by atoms with Crippen LogP contribution in [0.15, 0.2) is 18.2 Å². The van der Waals surface area contributed by atoms with Gasteiger partial charge < -0.3 is 25.9 Å². The summed E-state index contributed by atoms with van der Waals surface area (Å²) in [5.41, 5.74) is 9.06. The summed E-state index contributed by atoms with van der Waals surface area (Å²) >= 11 is 1.76. The number of carbonyl (C=O) groups is 2. The fraction of sp³-hybridized carbons (Fsp3) is 0.667. The minimum Gasteiger partial charge on any atom is -0.391 e. The van der Waals surface area contributed by atoms with Crippen molar-refractivity contribution in [2.45, 2.75) is 62.5 Å². The molecule has 3 heterocycles. The number of nitrogens with one attached hydrogen (secondary N) is 1. The maximum absolute atomic E-state index is 11.8. The lowest BCUT2D eigenvalue weighted by molar-refractivity contribution is -0.120. The Bertz CT molecular complexity index is 1050. The number of nitrogens with two attached hydrogens (primary N) is 1. The molecule has 2 atom stereocenters. The van der Waals surface area contributed by atoms with Gasteiger partial charge >= 0.3 is 0 Å². The number of aliphatic hydroxyl groups excluding tert-OH is 1. The molecule has 37 heavy (non-hydrogen) atoms. The Hall–Kier alpha value is -1.98. The number of aliphatic hydroxyl groups is 1. The first-order valence-electron chi connectivity index (χ1n) is 13.5. The Labute approximate surface area is 224 Å². The third kappa shape index (κ3) is 7.32. The standard InChI is InChI=1S/C27H42N6O3S/c1-29-26(36)6-4-21(17-34)27-24-5-3-20(15-25(24)31(2)30-27)19-7-11-32(12-8-19)16-23(35)18-37-33-13-9-22(28)10-14-33/h3,5,15,17,19,21-23,35H,4,6-14,16,18,28H2,1-2H3,(H,29,36). The summed E-state index contributed by atoms with van der Waals surface area (Å²) in [5, 5.41) is 18.8. The largest absolute Gasteiger partial charge is 0.391 e. The van der Waals surface area contributed by atoms with Crippen LogP contribution in [0.5, 0.6) is 0 Å². The highest BCUT2D eigenvalue weighted by atomic mass is 32.2. The normalized spacial score (nSPS) is 20.2. The Morgan fingerprint density at radius 3 is 2.65 bits per heavy atom. The number of likely N-dealkylation sites (tertiary alicyclic amines) is 1. The molecule has 9 nitrogen and oxygen atoms in total. The number of nitrogens with zero attached hydrogens (tertiary/aromatic N) is 4. The minimum absolute atomic E-state index is 0.0702. The monoisotopic (exact) mass is 530 g/mol. The van der Waals surface area contributed by atoms with E-state index in [0.717, 1.165) is 87.0 Å². The van der Waals surface area contributed by atoms with Gasteiger partial charge in [-0.05, 0) is 62.7 Å². The third-order valence-corrected chi connectivity index (χ3v) is 9.12. The van der Waals surface area contributed by atoms with Crippen molar-refractivity contribution in [3.63, 3.8) is 0 Å². The molecule has 2 saturated heterocycles. The number of fused-ring (bicyclic) bond motifs is 1. The molecule has 2 aromatic rings. The first kappa shape index (κ1) is 28.0. The summed E-state index contributed by atoms with van der Waals surface area (Å²) in [6.45, 7) is 4.70. The zero-order chi connectivity index (χ0) is 26.4. The van der Waals surface area contributed by atoms with Crippen molar-refractivity contribution >= 4 is 35.0 Å². The number of amides is 1. The van der Waals surface area contributed by atoms with E-state index in [9.17, 15) is 14.7 Å². The predicted octanol–water partition coefficient (Wildman–Crippen LogP) is 1.99. The van der Waals surface area contributed by atoms with Crippen LogP contribution < -0.4 is 11.1 Å². The summed E-state index contributed by atoms with van der Waals surface area (Å²) in [6, 6.07) is 6.80. The van der Waals surface area contributed by atoms with Crippen LogP contribution in [-0.2, 0) is 16.6 Å². The number of hydrogen-bond acceptors (Lipinski definition) is 8. The number of benzene rings is 1. The van der Waals surface area contributed by atoms with Gasteiger partial charge in [0.2, 0.25) is 5.91 Å². The summed E-state index contributed by atoms with van der Waals surface area (Å²) in [4.78, 5) is 25.9. The van der Waals surface area contributed by atoms with E-state index in [-0.39, 0.29) is 12.0 Å². The molecule has 1 amide bonds. The zero-order valence-electron chi connectivity index (χ0n) is 22.1. The number of β-amino-alcohol motifs (C(OH)–C–C–N with tert-alkyl or cyclic N) is 1. The molecule has 4 rings (SSSR count). The molecule has 1 aromatic heterocycles. The van der Waals surface area contributed by atoms with Gasteiger partial charge in [0.05, 0.1) is 23.2 Å². The van der Waals surface area contributed by atoms with E-state index >= 15 is 0 Å². The van der Waals surface area contributed by atoms with E-state index in [0.29, 0.717) is 24.8 Å². The summed E-state index contributed by atoms with van der Waals surface area (Å²) < 4.78 is 4.20. The SMILES string of the molecule is CNC(=O)CCC(C=O)c1nn(C)c2cc(C3CCN(CC(O)CSN4CCC(N)CC4)CC3)ccc12. The van der Waals surface area contributed by atoms with E-state index in [4.69, 9.17) is 5.73 Å². The van der Waals surface area contributed by atoms with Crippen molar-refractivity contribution in [2.24, 2.45) is 12.8 Å². The molecule has 0 spiro atoms. The van der Waals surface area contributed by atoms with Crippen molar-refractivity contribution in [1.29, 1.82) is 0 Å². The van der Waals surface area contributed by atoms with Gasteiger partial charge in [-0.3, -0.25) is 13.8 Å². The minimum atomic E-state index is -0.396. The fourth-order valence-electron chi connectivity index (χ4n) is 5.51. The molecular weight excluding hydrogens is 488 g/mol. The first-order valence-corrected chi connectivity index (χ1v) is 14.5. The number of carbonyl (C=O) groups excluding carboxylic acids is 2. The lowest BCUT2D eigenvalue weighted by atomic mass is 9.88. The molecule has 1 aromatic carbocycles. The molecule has 204 valence electrons. The van der Waals surface area contributed by atoms with E-state index in [1.54, 1.807) is 19.0 Å². The number of hydrogen-bond donors (Lipinski definition) is 3. The lowest BCUT2D eigenvalue weighted by Gasteiger charge is -2.34. The smallest absolute Gasteiger partial charge is 0.219 e. The molecule has 0 saturated carbocycles. The number of rotatable bonds is 11. The number of aryl methyl sites for hydroxylation is 1. The fourth-order valence-corrected chi connectivity index (χ4v) is 6.46. The van der Waals surface area contributed by atoms with Gasteiger partial charge in [0.15, 0.2) is 0 Å². The highest BCUT2D eigenvalue weighted by Crippen LogP contribution is 2.33. The van der Waals surface area contributed by atoms with Crippen molar-refractivity contribution in [1.82, 2.24) is 24.3 Å². The van der Waals surface area contributed by atoms with Crippen molar-refractivity contribution in [2.75, 3.05) is 45.5 Å². The van der Waals surface area contributed by atoms with Gasteiger partial charge in [0.1, 0.15) is 6.29 Å². The van der Waals surface area contributed by atoms with Crippen LogP contribution >= 0.6 is 11.9 Å². The lowest BCUT2D eigenvalue weighted by Crippen LogP contribution is -2.40. The van der Waals surface area contributed by atoms with Crippen LogP contribution in [0, 0.1) is 0 Å². The van der Waals surface area contributed by atoms with Gasteiger partial charge in [-0.25, -0.2) is 0 Å². The third-order valence-electron chi connectivity index (χ3n) is 7.86. The topological polar surface area (TPSA) is 117 Å². The Kier molecular flexibility index (Phi) is 10.00. The predicted molar refractivity (Wildman–Crippen MR) is 148 cm³/mol. The van der Waals surface area contributed by atoms with E-state index in [1.807, 2.05) is 11.7 Å². The number of piperidine rings is 2. The van der Waals surface area contributed by atoms with E-state index < -0.39 is 5.92 Å². The van der Waals surface area contributed by atoms with Crippen molar-refractivity contribution in [3.05, 3.63) is 29.5 Å². The average molecular weight is 531 g/mol. The van der Waals surface area contributed by atoms with Crippen LogP contribution in [-0.4, -0.2) is 94.0 Å². The van der Waals surface area contributed by atoms with Gasteiger partial charge in [-0.2, -0.15) is 5.10 Å². The Morgan fingerprint density at radius 2 is 1.97 bits per heavy atom. The molecule has 0 aliphatic carbocycles. The summed E-state index contributed by atoms with van der Waals surface area (Å²) in [5.74, 6) is 0.740. The molecule has 2 fully saturated rings. The first-order chi connectivity index (χ1) is 17.9. The maximum Gasteiger partial charge on any atom is 0.219 e. The van der Waals surface area contributed by atoms with Gasteiger partial charge in [-0.1, -0.05) is 24.1 Å². The van der Waals surface area contributed by atoms with Crippen molar-refractivity contribution < 1.29 is 14.7 Å². The van der Waals surface area contributed by atoms with E-state index in [2.05, 4.69) is 37.8 Å². The number of aromatic nitrogens is 2. The summed E-state index contributed by atoms with van der Waals surface area (Å²) in [6.07, 6.45) is 5.53. The highest BCUT2D eigenvalue weighted by Gasteiger charge is 2.25. The molecule has 10 heteroatoms. The van der Waals surface area contributed by atoms with Crippen LogP contribution in [0.2, 0.25) is 0 Å². The summed E-state index contributed by atoms with van der Waals surface area (Å²) in [7, 11) is 3.52. The number of aldehydes is 1. The average Bonchev–Trinajstić information content (AvgIpc) is 3.24. The second-order valence-corrected chi connectivity index (χ2v) is 11.6. The zero-order valence-corrected chi connectivity index (χ0v) is 23.0. The Morgan fingerprint density at radius 1 is 1.24 bits per heavy atom. The molecule has 4 N–H and O–H groups in total. The molecule has 2 aliphatic rings. The second kappa shape index (κ2) is 13.2. The van der Waals surface area contributed by atoms with Crippen LogP contribution in [0.4, 0.5) is 0 Å².